The fourth-order valence-electron chi connectivity index (χ4n) is 1.73. The summed E-state index contributed by atoms with van der Waals surface area (Å²) < 4.78 is 20.1. The molecule has 5 heteroatoms. The number of carbonyl (C=O) groups is 1. The molecule has 0 aliphatic heterocycles. The average Bonchev–Trinajstić information content (AvgIpc) is 2.65. The second-order valence-electron chi connectivity index (χ2n) is 3.49. The number of aromatic nitrogens is 2. The summed E-state index contributed by atoms with van der Waals surface area (Å²) in [5.74, 6) is -0.102. The van der Waals surface area contributed by atoms with Crippen molar-refractivity contribution in [2.75, 3.05) is 7.11 Å². The third-order valence-electron chi connectivity index (χ3n) is 2.47. The van der Waals surface area contributed by atoms with Crippen LogP contribution in [0.1, 0.15) is 10.4 Å². The Bertz CT molecular complexity index is 564. The summed E-state index contributed by atoms with van der Waals surface area (Å²) in [5.41, 5.74) is 0.825. The Morgan fingerprint density at radius 3 is 2.71 bits per heavy atom. The van der Waals surface area contributed by atoms with E-state index in [0.717, 1.165) is 0 Å². The van der Waals surface area contributed by atoms with Crippen molar-refractivity contribution in [3.8, 4) is 17.1 Å². The van der Waals surface area contributed by atoms with Gasteiger partial charge in [-0.15, -0.1) is 0 Å². The van der Waals surface area contributed by atoms with Crippen LogP contribution in [-0.4, -0.2) is 23.2 Å². The van der Waals surface area contributed by atoms with Gasteiger partial charge in [-0.2, -0.15) is 5.10 Å². The Hall–Kier alpha value is -2.17. The summed E-state index contributed by atoms with van der Waals surface area (Å²) in [7, 11) is 3.07. The molecule has 0 unspecified atom stereocenters. The van der Waals surface area contributed by atoms with Crippen molar-refractivity contribution < 1.29 is 13.9 Å². The molecule has 2 rings (SSSR count). The van der Waals surface area contributed by atoms with Crippen molar-refractivity contribution >= 4 is 6.29 Å². The zero-order valence-electron chi connectivity index (χ0n) is 9.48. The van der Waals surface area contributed by atoms with Gasteiger partial charge in [0.25, 0.3) is 0 Å². The highest BCUT2D eigenvalue weighted by atomic mass is 19.1. The van der Waals surface area contributed by atoms with Gasteiger partial charge < -0.3 is 4.74 Å². The van der Waals surface area contributed by atoms with E-state index in [1.54, 1.807) is 25.2 Å². The van der Waals surface area contributed by atoms with Crippen LogP contribution in [0, 0.1) is 5.82 Å². The standard InChI is InChI=1S/C12H11FN2O2/c1-15-12(17-2)9(7-16)11(14-15)8-5-3-4-6-10(8)13/h3-7H,1-2H3. The minimum absolute atomic E-state index is 0.250. The van der Waals surface area contributed by atoms with Crippen molar-refractivity contribution in [1.29, 1.82) is 0 Å². The first-order chi connectivity index (χ1) is 8.19. The van der Waals surface area contributed by atoms with E-state index < -0.39 is 5.82 Å². The number of ether oxygens (including phenoxy) is 1. The van der Waals surface area contributed by atoms with Crippen molar-refractivity contribution in [3.05, 3.63) is 35.6 Å². The van der Waals surface area contributed by atoms with Crippen LogP contribution >= 0.6 is 0 Å². The first kappa shape index (κ1) is 11.3. The maximum atomic E-state index is 13.6. The first-order valence-electron chi connectivity index (χ1n) is 5.00. The monoisotopic (exact) mass is 234 g/mol. The molecule has 0 bridgehead atoms. The second kappa shape index (κ2) is 4.37. The Balaban J connectivity index is 2.68. The van der Waals surface area contributed by atoms with Crippen LogP contribution in [0.2, 0.25) is 0 Å². The molecule has 0 atom stereocenters. The first-order valence-corrected chi connectivity index (χ1v) is 5.00. The fraction of sp³-hybridized carbons (Fsp3) is 0.167. The smallest absolute Gasteiger partial charge is 0.222 e. The number of carbonyl (C=O) groups excluding carboxylic acids is 1. The predicted octanol–water partition coefficient (Wildman–Crippen LogP) is 2.05. The van der Waals surface area contributed by atoms with Gasteiger partial charge in [0, 0.05) is 12.6 Å². The van der Waals surface area contributed by atoms with Gasteiger partial charge in [0.2, 0.25) is 5.88 Å². The van der Waals surface area contributed by atoms with Crippen molar-refractivity contribution in [2.45, 2.75) is 0 Å². The van der Waals surface area contributed by atoms with Crippen molar-refractivity contribution in [1.82, 2.24) is 9.78 Å². The maximum absolute atomic E-state index is 13.6. The largest absolute Gasteiger partial charge is 0.481 e. The third-order valence-corrected chi connectivity index (χ3v) is 2.47. The number of halogens is 1. The van der Waals surface area contributed by atoms with E-state index in [0.29, 0.717) is 12.2 Å². The van der Waals surface area contributed by atoms with Gasteiger partial charge in [0.05, 0.1) is 7.11 Å². The lowest BCUT2D eigenvalue weighted by Gasteiger charge is -2.00. The molecule has 2 aromatic rings. The Morgan fingerprint density at radius 1 is 1.41 bits per heavy atom. The molecule has 1 aromatic carbocycles. The van der Waals surface area contributed by atoms with Gasteiger partial charge >= 0.3 is 0 Å². The highest BCUT2D eigenvalue weighted by molar-refractivity contribution is 5.88. The lowest BCUT2D eigenvalue weighted by atomic mass is 10.1. The maximum Gasteiger partial charge on any atom is 0.222 e. The molecule has 0 spiro atoms. The quantitative estimate of drug-likeness (QED) is 0.763. The van der Waals surface area contributed by atoms with Gasteiger partial charge in [-0.3, -0.25) is 4.79 Å². The SMILES string of the molecule is COc1c(C=O)c(-c2ccccc2F)nn1C. The molecule has 1 heterocycles. The number of methoxy groups -OCH3 is 1. The lowest BCUT2D eigenvalue weighted by molar-refractivity contribution is 0.112. The predicted molar refractivity (Wildman–Crippen MR) is 60.5 cm³/mol. The number of benzene rings is 1. The molecule has 0 fully saturated rings. The Labute approximate surface area is 97.6 Å². The van der Waals surface area contributed by atoms with Crippen molar-refractivity contribution in [3.63, 3.8) is 0 Å². The van der Waals surface area contributed by atoms with E-state index in [-0.39, 0.29) is 16.8 Å². The number of rotatable bonds is 3. The molecule has 0 aliphatic carbocycles. The zero-order chi connectivity index (χ0) is 12.4. The topological polar surface area (TPSA) is 44.1 Å². The molecule has 0 radical (unpaired) electrons. The van der Waals surface area contributed by atoms with Gasteiger partial charge in [0.1, 0.15) is 17.1 Å². The highest BCUT2D eigenvalue weighted by Gasteiger charge is 2.19. The molecule has 0 saturated carbocycles. The molecule has 0 amide bonds. The van der Waals surface area contributed by atoms with Gasteiger partial charge in [-0.25, -0.2) is 9.07 Å². The molecule has 17 heavy (non-hydrogen) atoms. The summed E-state index contributed by atoms with van der Waals surface area (Å²) in [4.78, 5) is 11.0. The number of aryl methyl sites for hydroxylation is 1. The second-order valence-corrected chi connectivity index (χ2v) is 3.49. The van der Waals surface area contributed by atoms with Crippen LogP contribution in [0.4, 0.5) is 4.39 Å². The molecule has 0 saturated heterocycles. The van der Waals surface area contributed by atoms with Crippen LogP contribution in [0.3, 0.4) is 0 Å². The number of hydrogen-bond donors (Lipinski definition) is 0. The van der Waals surface area contributed by atoms with Gasteiger partial charge in [-0.1, -0.05) is 12.1 Å². The fourth-order valence-corrected chi connectivity index (χ4v) is 1.73. The molecular formula is C12H11FN2O2. The third kappa shape index (κ3) is 1.80. The average molecular weight is 234 g/mol. The molecule has 4 nitrogen and oxygen atoms in total. The van der Waals surface area contributed by atoms with E-state index in [4.69, 9.17) is 4.74 Å². The summed E-state index contributed by atoms with van der Waals surface area (Å²) in [6.45, 7) is 0. The number of aldehydes is 1. The summed E-state index contributed by atoms with van der Waals surface area (Å²) in [5, 5.41) is 4.10. The van der Waals surface area contributed by atoms with Crippen LogP contribution in [0.5, 0.6) is 5.88 Å². The summed E-state index contributed by atoms with van der Waals surface area (Å²) in [6.07, 6.45) is 0.619. The van der Waals surface area contributed by atoms with Crippen LogP contribution in [0.25, 0.3) is 11.3 Å². The summed E-state index contributed by atoms with van der Waals surface area (Å²) >= 11 is 0. The molecule has 88 valence electrons. The van der Waals surface area contributed by atoms with Crippen LogP contribution in [0.15, 0.2) is 24.3 Å². The number of nitrogens with zero attached hydrogens (tertiary/aromatic N) is 2. The normalized spacial score (nSPS) is 10.3. The minimum atomic E-state index is -0.420. The van der Waals surface area contributed by atoms with Crippen LogP contribution in [-0.2, 0) is 7.05 Å². The van der Waals surface area contributed by atoms with Crippen LogP contribution < -0.4 is 4.74 Å². The van der Waals surface area contributed by atoms with E-state index in [2.05, 4.69) is 5.10 Å². The van der Waals surface area contributed by atoms with Gasteiger partial charge in [0.15, 0.2) is 6.29 Å². The van der Waals surface area contributed by atoms with Gasteiger partial charge in [-0.05, 0) is 12.1 Å². The highest BCUT2D eigenvalue weighted by Crippen LogP contribution is 2.29. The molecule has 1 aromatic heterocycles. The number of hydrogen-bond acceptors (Lipinski definition) is 3. The molecule has 0 N–H and O–H groups in total. The van der Waals surface area contributed by atoms with E-state index >= 15 is 0 Å². The zero-order valence-corrected chi connectivity index (χ0v) is 9.48. The van der Waals surface area contributed by atoms with E-state index in [1.807, 2.05) is 0 Å². The van der Waals surface area contributed by atoms with E-state index in [1.165, 1.54) is 17.9 Å². The lowest BCUT2D eigenvalue weighted by Crippen LogP contribution is -1.96. The van der Waals surface area contributed by atoms with E-state index in [9.17, 15) is 9.18 Å². The molecular weight excluding hydrogens is 223 g/mol. The molecule has 0 aliphatic rings. The summed E-state index contributed by atoms with van der Waals surface area (Å²) in [6, 6.07) is 6.17. The minimum Gasteiger partial charge on any atom is -0.481 e. The van der Waals surface area contributed by atoms with Crippen molar-refractivity contribution in [2.24, 2.45) is 7.05 Å². The Morgan fingerprint density at radius 2 is 2.12 bits per heavy atom. The Kier molecular flexibility index (Phi) is 2.91.